The summed E-state index contributed by atoms with van der Waals surface area (Å²) < 4.78 is 10.9. The Morgan fingerprint density at radius 1 is 1.03 bits per heavy atom. The summed E-state index contributed by atoms with van der Waals surface area (Å²) in [6.07, 6.45) is 0.235. The number of hydrogen-bond donors (Lipinski definition) is 3. The van der Waals surface area contributed by atoms with E-state index in [1.807, 2.05) is 18.2 Å². The number of nitrogens with zero attached hydrogens (tertiary/aromatic N) is 2. The van der Waals surface area contributed by atoms with E-state index in [1.54, 1.807) is 55.6 Å². The lowest BCUT2D eigenvalue weighted by molar-refractivity contribution is -0.138. The zero-order valence-electron chi connectivity index (χ0n) is 17.2. The Bertz CT molecular complexity index is 1230. The van der Waals surface area contributed by atoms with Gasteiger partial charge in [-0.2, -0.15) is 4.98 Å². The molecule has 0 amide bonds. The number of nitrogens with two attached hydrogens (primary N) is 1. The van der Waals surface area contributed by atoms with Crippen LogP contribution in [0.5, 0.6) is 11.5 Å². The van der Waals surface area contributed by atoms with Crippen molar-refractivity contribution in [1.82, 2.24) is 10.1 Å². The van der Waals surface area contributed by atoms with E-state index in [0.29, 0.717) is 17.5 Å². The maximum atomic E-state index is 10.9. The molecule has 0 unspecified atom stereocenters. The van der Waals surface area contributed by atoms with Gasteiger partial charge in [0.2, 0.25) is 5.82 Å². The highest BCUT2D eigenvalue weighted by Gasteiger charge is 2.15. The number of methoxy groups -OCH3 is 1. The standard InChI is InChI=1S/C24H21N3O5/c1-31-21-11-8-17(13-19(21)15-6-9-18(28)10-7-15)23-26-22(27-32-23)16-4-2-14(3-5-16)12-20(25)24(29)30/h2-11,13,20,28H,12,25H2,1H3,(H,29,30)/t20-/m0/s1. The third kappa shape index (κ3) is 4.45. The quantitative estimate of drug-likeness (QED) is 0.403. The molecule has 3 aromatic carbocycles. The highest BCUT2D eigenvalue weighted by molar-refractivity contribution is 5.76. The maximum Gasteiger partial charge on any atom is 0.320 e. The van der Waals surface area contributed by atoms with E-state index in [-0.39, 0.29) is 12.2 Å². The Labute approximate surface area is 183 Å². The van der Waals surface area contributed by atoms with Gasteiger partial charge in [0, 0.05) is 16.7 Å². The number of benzene rings is 3. The molecule has 0 radical (unpaired) electrons. The highest BCUT2D eigenvalue weighted by Crippen LogP contribution is 2.35. The third-order valence-corrected chi connectivity index (χ3v) is 5.04. The third-order valence-electron chi connectivity index (χ3n) is 5.04. The summed E-state index contributed by atoms with van der Waals surface area (Å²) in [6.45, 7) is 0. The summed E-state index contributed by atoms with van der Waals surface area (Å²) in [5.74, 6) is 0.578. The topological polar surface area (TPSA) is 132 Å². The summed E-state index contributed by atoms with van der Waals surface area (Å²) in [4.78, 5) is 15.4. The van der Waals surface area contributed by atoms with Crippen molar-refractivity contribution >= 4 is 5.97 Å². The van der Waals surface area contributed by atoms with Crippen LogP contribution in [-0.4, -0.2) is 39.5 Å². The molecule has 162 valence electrons. The summed E-state index contributed by atoms with van der Waals surface area (Å²) in [5, 5.41) is 22.6. The molecule has 0 fully saturated rings. The molecule has 0 spiro atoms. The number of phenolic OH excluding ortho intramolecular Hbond substituents is 1. The van der Waals surface area contributed by atoms with Crippen LogP contribution in [0.15, 0.2) is 71.3 Å². The fourth-order valence-corrected chi connectivity index (χ4v) is 3.30. The lowest BCUT2D eigenvalue weighted by Gasteiger charge is -2.10. The molecular formula is C24H21N3O5. The fourth-order valence-electron chi connectivity index (χ4n) is 3.30. The van der Waals surface area contributed by atoms with Gasteiger partial charge in [0.15, 0.2) is 0 Å². The van der Waals surface area contributed by atoms with Gasteiger partial charge >= 0.3 is 5.97 Å². The summed E-state index contributed by atoms with van der Waals surface area (Å²) >= 11 is 0. The first kappa shape index (κ1) is 21.1. The van der Waals surface area contributed by atoms with Crippen LogP contribution in [0.25, 0.3) is 34.0 Å². The molecule has 4 aromatic rings. The number of phenols is 1. The van der Waals surface area contributed by atoms with Crippen molar-refractivity contribution < 1.29 is 24.3 Å². The predicted octanol–water partition coefficient (Wildman–Crippen LogP) is 3.74. The predicted molar refractivity (Wildman–Crippen MR) is 118 cm³/mol. The highest BCUT2D eigenvalue weighted by atomic mass is 16.5. The summed E-state index contributed by atoms with van der Waals surface area (Å²) in [7, 11) is 1.59. The van der Waals surface area contributed by atoms with Crippen LogP contribution in [0, 0.1) is 0 Å². The van der Waals surface area contributed by atoms with Gasteiger partial charge in [0.1, 0.15) is 17.5 Å². The Morgan fingerprint density at radius 3 is 2.34 bits per heavy atom. The lowest BCUT2D eigenvalue weighted by Crippen LogP contribution is -2.32. The van der Waals surface area contributed by atoms with Gasteiger partial charge in [-0.15, -0.1) is 0 Å². The van der Waals surface area contributed by atoms with E-state index in [4.69, 9.17) is 20.1 Å². The second-order valence-electron chi connectivity index (χ2n) is 7.23. The van der Waals surface area contributed by atoms with E-state index in [9.17, 15) is 9.90 Å². The van der Waals surface area contributed by atoms with E-state index in [2.05, 4.69) is 10.1 Å². The van der Waals surface area contributed by atoms with E-state index in [1.165, 1.54) is 0 Å². The van der Waals surface area contributed by atoms with Crippen LogP contribution in [0.3, 0.4) is 0 Å². The van der Waals surface area contributed by atoms with Crippen LogP contribution in [0.1, 0.15) is 5.56 Å². The van der Waals surface area contributed by atoms with Crippen molar-refractivity contribution in [3.8, 4) is 45.5 Å². The van der Waals surface area contributed by atoms with E-state index >= 15 is 0 Å². The van der Waals surface area contributed by atoms with E-state index in [0.717, 1.165) is 27.8 Å². The molecule has 32 heavy (non-hydrogen) atoms. The molecule has 0 bridgehead atoms. The van der Waals surface area contributed by atoms with Crippen LogP contribution >= 0.6 is 0 Å². The lowest BCUT2D eigenvalue weighted by atomic mass is 10.0. The minimum Gasteiger partial charge on any atom is -0.508 e. The first-order valence-electron chi connectivity index (χ1n) is 9.84. The number of ether oxygens (including phenoxy) is 1. The zero-order chi connectivity index (χ0) is 22.7. The van der Waals surface area contributed by atoms with Crippen molar-refractivity contribution in [1.29, 1.82) is 0 Å². The number of rotatable bonds is 7. The van der Waals surface area contributed by atoms with Crippen molar-refractivity contribution in [2.45, 2.75) is 12.5 Å². The van der Waals surface area contributed by atoms with Crippen LogP contribution < -0.4 is 10.5 Å². The number of carboxylic acids is 1. The van der Waals surface area contributed by atoms with E-state index < -0.39 is 12.0 Å². The zero-order valence-corrected chi connectivity index (χ0v) is 17.2. The molecule has 8 nitrogen and oxygen atoms in total. The monoisotopic (exact) mass is 431 g/mol. The van der Waals surface area contributed by atoms with Gasteiger partial charge in [0.25, 0.3) is 5.89 Å². The molecule has 0 saturated heterocycles. The molecule has 0 aliphatic carbocycles. The minimum atomic E-state index is -1.04. The molecular weight excluding hydrogens is 410 g/mol. The van der Waals surface area contributed by atoms with Gasteiger partial charge in [0.05, 0.1) is 7.11 Å². The number of aliphatic carboxylic acids is 1. The molecule has 4 N–H and O–H groups in total. The van der Waals surface area contributed by atoms with Crippen LogP contribution in [0.2, 0.25) is 0 Å². The minimum absolute atomic E-state index is 0.182. The van der Waals surface area contributed by atoms with Gasteiger partial charge in [-0.3, -0.25) is 4.79 Å². The largest absolute Gasteiger partial charge is 0.508 e. The Morgan fingerprint density at radius 2 is 1.69 bits per heavy atom. The number of aromatic hydroxyl groups is 1. The molecule has 0 aliphatic rings. The van der Waals surface area contributed by atoms with Crippen molar-refractivity contribution in [2.24, 2.45) is 5.73 Å². The SMILES string of the molecule is COc1ccc(-c2nc(-c3ccc(C[C@H](N)C(=O)O)cc3)no2)cc1-c1ccc(O)cc1. The van der Waals surface area contributed by atoms with Gasteiger partial charge < -0.3 is 25.2 Å². The van der Waals surface area contributed by atoms with Gasteiger partial charge in [-0.1, -0.05) is 41.6 Å². The average molecular weight is 431 g/mol. The Hall–Kier alpha value is -4.17. The summed E-state index contributed by atoms with van der Waals surface area (Å²) in [6, 6.07) is 18.6. The maximum absolute atomic E-state index is 10.9. The first-order valence-corrected chi connectivity index (χ1v) is 9.84. The van der Waals surface area contributed by atoms with Crippen LogP contribution in [-0.2, 0) is 11.2 Å². The molecule has 0 aliphatic heterocycles. The van der Waals surface area contributed by atoms with Crippen LogP contribution in [0.4, 0.5) is 0 Å². The number of aromatic nitrogens is 2. The number of carbonyl (C=O) groups is 1. The summed E-state index contributed by atoms with van der Waals surface area (Å²) in [5.41, 5.74) is 9.54. The normalized spacial score (nSPS) is 11.8. The Kier molecular flexibility index (Phi) is 5.87. The van der Waals surface area contributed by atoms with Crippen molar-refractivity contribution in [3.05, 3.63) is 72.3 Å². The second-order valence-corrected chi connectivity index (χ2v) is 7.23. The van der Waals surface area contributed by atoms with Crippen molar-refractivity contribution in [2.75, 3.05) is 7.11 Å². The smallest absolute Gasteiger partial charge is 0.320 e. The molecule has 4 rings (SSSR count). The molecule has 1 atom stereocenters. The average Bonchev–Trinajstić information content (AvgIpc) is 3.30. The Balaban J connectivity index is 1.60. The van der Waals surface area contributed by atoms with Crippen molar-refractivity contribution in [3.63, 3.8) is 0 Å². The molecule has 1 aromatic heterocycles. The number of carboxylic acid groups (broad SMARTS) is 1. The first-order chi connectivity index (χ1) is 15.4. The van der Waals surface area contributed by atoms with Gasteiger partial charge in [-0.25, -0.2) is 0 Å². The number of hydrogen-bond acceptors (Lipinski definition) is 7. The molecule has 8 heteroatoms. The second kappa shape index (κ2) is 8.91. The fraction of sp³-hybridized carbons (Fsp3) is 0.125. The van der Waals surface area contributed by atoms with Gasteiger partial charge in [-0.05, 0) is 47.9 Å². The molecule has 1 heterocycles. The molecule has 0 saturated carbocycles.